The maximum Gasteiger partial charge on any atom is 0.293 e. The highest BCUT2D eigenvalue weighted by atomic mass is 16.5. The number of hydrogen-bond donors (Lipinski definition) is 1. The number of aryl methyl sites for hydroxylation is 1. The molecule has 1 amide bonds. The van der Waals surface area contributed by atoms with Gasteiger partial charge in [0.15, 0.2) is 0 Å². The van der Waals surface area contributed by atoms with E-state index in [4.69, 9.17) is 9.26 Å². The molecule has 1 aliphatic heterocycles. The van der Waals surface area contributed by atoms with E-state index >= 15 is 0 Å². The van der Waals surface area contributed by atoms with Gasteiger partial charge in [-0.2, -0.15) is 0 Å². The Morgan fingerprint density at radius 2 is 2.27 bits per heavy atom. The van der Waals surface area contributed by atoms with Gasteiger partial charge in [-0.15, -0.1) is 0 Å². The summed E-state index contributed by atoms with van der Waals surface area (Å²) in [5.41, 5.74) is 1.69. The molecule has 2 aromatic rings. The predicted octanol–water partition coefficient (Wildman–Crippen LogP) is 1.78. The van der Waals surface area contributed by atoms with Crippen molar-refractivity contribution in [3.63, 3.8) is 0 Å². The fourth-order valence-electron chi connectivity index (χ4n) is 2.77. The van der Waals surface area contributed by atoms with Gasteiger partial charge in [-0.1, -0.05) is 23.4 Å². The average Bonchev–Trinajstić information content (AvgIpc) is 3.00. The molecular weight excluding hydrogens is 282 g/mol. The molecule has 1 fully saturated rings. The lowest BCUT2D eigenvalue weighted by Gasteiger charge is -2.36. The lowest BCUT2D eigenvalue weighted by molar-refractivity contribution is 0.0589. The van der Waals surface area contributed by atoms with E-state index in [2.05, 4.69) is 10.5 Å². The molecule has 1 N–H and O–H groups in total. The van der Waals surface area contributed by atoms with Crippen molar-refractivity contribution >= 4 is 5.91 Å². The molecular formula is C16H19N3O3. The van der Waals surface area contributed by atoms with Crippen LogP contribution in [0.15, 0.2) is 34.9 Å². The van der Waals surface area contributed by atoms with E-state index < -0.39 is 0 Å². The largest absolute Gasteiger partial charge is 0.496 e. The van der Waals surface area contributed by atoms with Crippen molar-refractivity contribution < 1.29 is 14.1 Å². The van der Waals surface area contributed by atoms with Crippen LogP contribution in [0.4, 0.5) is 0 Å². The van der Waals surface area contributed by atoms with Crippen molar-refractivity contribution in [1.29, 1.82) is 0 Å². The molecule has 1 unspecified atom stereocenters. The SMILES string of the molecule is COc1ccccc1C1CNCCN1C(=O)c1cc(C)no1. The Balaban J connectivity index is 1.93. The van der Waals surface area contributed by atoms with Crippen molar-refractivity contribution in [3.05, 3.63) is 47.3 Å². The molecule has 0 radical (unpaired) electrons. The lowest BCUT2D eigenvalue weighted by atomic mass is 10.0. The molecule has 6 heteroatoms. The maximum atomic E-state index is 12.7. The van der Waals surface area contributed by atoms with Crippen LogP contribution in [-0.2, 0) is 0 Å². The summed E-state index contributed by atoms with van der Waals surface area (Å²) in [7, 11) is 1.64. The zero-order valence-corrected chi connectivity index (χ0v) is 12.7. The fourth-order valence-corrected chi connectivity index (χ4v) is 2.77. The van der Waals surface area contributed by atoms with Gasteiger partial charge in [-0.25, -0.2) is 0 Å². The van der Waals surface area contributed by atoms with Crippen LogP contribution in [0.2, 0.25) is 0 Å². The minimum absolute atomic E-state index is 0.0946. The number of nitrogens with one attached hydrogen (secondary N) is 1. The summed E-state index contributed by atoms with van der Waals surface area (Å²) >= 11 is 0. The third-order valence-corrected chi connectivity index (χ3v) is 3.84. The number of piperazine rings is 1. The fraction of sp³-hybridized carbons (Fsp3) is 0.375. The normalized spacial score (nSPS) is 18.3. The Morgan fingerprint density at radius 1 is 1.45 bits per heavy atom. The first-order valence-corrected chi connectivity index (χ1v) is 7.28. The van der Waals surface area contributed by atoms with Crippen LogP contribution >= 0.6 is 0 Å². The van der Waals surface area contributed by atoms with Crippen molar-refractivity contribution in [2.75, 3.05) is 26.7 Å². The molecule has 116 valence electrons. The number of rotatable bonds is 3. The standard InChI is InChI=1S/C16H19N3O3/c1-11-9-15(22-18-11)16(20)19-8-7-17-10-13(19)12-5-3-4-6-14(12)21-2/h3-6,9,13,17H,7-8,10H2,1-2H3. The third-order valence-electron chi connectivity index (χ3n) is 3.84. The van der Waals surface area contributed by atoms with Gasteiger partial charge < -0.3 is 19.5 Å². The summed E-state index contributed by atoms with van der Waals surface area (Å²) in [5, 5.41) is 7.13. The third kappa shape index (κ3) is 2.69. The quantitative estimate of drug-likeness (QED) is 0.936. The smallest absolute Gasteiger partial charge is 0.293 e. The first-order valence-electron chi connectivity index (χ1n) is 7.28. The molecule has 0 saturated carbocycles. The summed E-state index contributed by atoms with van der Waals surface area (Å²) in [6.07, 6.45) is 0. The number of ether oxygens (including phenoxy) is 1. The molecule has 3 rings (SSSR count). The minimum atomic E-state index is -0.141. The Kier molecular flexibility index (Phi) is 4.11. The Morgan fingerprint density at radius 3 is 3.00 bits per heavy atom. The van der Waals surface area contributed by atoms with Crippen LogP contribution in [0.5, 0.6) is 5.75 Å². The zero-order chi connectivity index (χ0) is 15.5. The Hall–Kier alpha value is -2.34. The van der Waals surface area contributed by atoms with E-state index in [0.29, 0.717) is 18.8 Å². The number of benzene rings is 1. The van der Waals surface area contributed by atoms with Crippen LogP contribution in [0.3, 0.4) is 0 Å². The summed E-state index contributed by atoms with van der Waals surface area (Å²) in [5.74, 6) is 0.917. The highest BCUT2D eigenvalue weighted by Gasteiger charge is 2.32. The molecule has 22 heavy (non-hydrogen) atoms. The number of carbonyl (C=O) groups excluding carboxylic acids is 1. The second-order valence-corrected chi connectivity index (χ2v) is 5.29. The summed E-state index contributed by atoms with van der Waals surface area (Å²) in [6.45, 7) is 3.85. The summed E-state index contributed by atoms with van der Waals surface area (Å²) in [6, 6.07) is 9.35. The topological polar surface area (TPSA) is 67.6 Å². The highest BCUT2D eigenvalue weighted by Crippen LogP contribution is 2.31. The lowest BCUT2D eigenvalue weighted by Crippen LogP contribution is -2.48. The Labute approximate surface area is 129 Å². The Bertz CT molecular complexity index is 668. The first-order chi connectivity index (χ1) is 10.7. The van der Waals surface area contributed by atoms with E-state index in [1.807, 2.05) is 29.2 Å². The molecule has 0 spiro atoms. The van der Waals surface area contributed by atoms with Crippen molar-refractivity contribution in [2.24, 2.45) is 0 Å². The van der Waals surface area contributed by atoms with Crippen molar-refractivity contribution in [3.8, 4) is 5.75 Å². The van der Waals surface area contributed by atoms with E-state index in [1.54, 1.807) is 20.1 Å². The molecule has 2 heterocycles. The molecule has 1 atom stereocenters. The highest BCUT2D eigenvalue weighted by molar-refractivity contribution is 5.92. The van der Waals surface area contributed by atoms with Gasteiger partial charge in [0, 0.05) is 31.3 Å². The number of methoxy groups -OCH3 is 1. The number of carbonyl (C=O) groups is 1. The second-order valence-electron chi connectivity index (χ2n) is 5.29. The molecule has 1 saturated heterocycles. The summed E-state index contributed by atoms with van der Waals surface area (Å²) in [4.78, 5) is 14.5. The van der Waals surface area contributed by atoms with Gasteiger partial charge in [0.1, 0.15) is 5.75 Å². The van der Waals surface area contributed by atoms with Crippen LogP contribution in [0, 0.1) is 6.92 Å². The number of nitrogens with zero attached hydrogens (tertiary/aromatic N) is 2. The van der Waals surface area contributed by atoms with Crippen LogP contribution < -0.4 is 10.1 Å². The molecule has 0 bridgehead atoms. The van der Waals surface area contributed by atoms with E-state index in [0.717, 1.165) is 17.9 Å². The summed E-state index contributed by atoms with van der Waals surface area (Å²) < 4.78 is 10.6. The van der Waals surface area contributed by atoms with E-state index in [9.17, 15) is 4.79 Å². The van der Waals surface area contributed by atoms with Gasteiger partial charge in [-0.3, -0.25) is 4.79 Å². The number of hydrogen-bond acceptors (Lipinski definition) is 5. The van der Waals surface area contributed by atoms with E-state index in [-0.39, 0.29) is 17.7 Å². The van der Waals surface area contributed by atoms with Crippen molar-refractivity contribution in [1.82, 2.24) is 15.4 Å². The molecule has 0 aliphatic carbocycles. The number of amides is 1. The minimum Gasteiger partial charge on any atom is -0.496 e. The molecule has 1 aromatic carbocycles. The molecule has 1 aromatic heterocycles. The second kappa shape index (κ2) is 6.19. The van der Waals surface area contributed by atoms with Crippen molar-refractivity contribution in [2.45, 2.75) is 13.0 Å². The zero-order valence-electron chi connectivity index (χ0n) is 12.7. The van der Waals surface area contributed by atoms with Gasteiger partial charge in [0.05, 0.1) is 18.8 Å². The monoisotopic (exact) mass is 301 g/mol. The number of para-hydroxylation sites is 1. The van der Waals surface area contributed by atoms with Crippen LogP contribution in [0.25, 0.3) is 0 Å². The maximum absolute atomic E-state index is 12.7. The predicted molar refractivity (Wildman–Crippen MR) is 80.9 cm³/mol. The first kappa shape index (κ1) is 14.6. The number of aromatic nitrogens is 1. The molecule has 1 aliphatic rings. The van der Waals surface area contributed by atoms with Crippen LogP contribution in [0.1, 0.15) is 27.9 Å². The van der Waals surface area contributed by atoms with Crippen LogP contribution in [-0.4, -0.2) is 42.7 Å². The van der Waals surface area contributed by atoms with Gasteiger partial charge in [-0.05, 0) is 13.0 Å². The van der Waals surface area contributed by atoms with Gasteiger partial charge >= 0.3 is 0 Å². The molecule has 6 nitrogen and oxygen atoms in total. The van der Waals surface area contributed by atoms with E-state index in [1.165, 1.54) is 0 Å². The average molecular weight is 301 g/mol. The van der Waals surface area contributed by atoms with Gasteiger partial charge in [0.25, 0.3) is 5.91 Å². The van der Waals surface area contributed by atoms with Gasteiger partial charge in [0.2, 0.25) is 5.76 Å².